The zero-order valence-electron chi connectivity index (χ0n) is 14.9. The van der Waals surface area contributed by atoms with Crippen molar-refractivity contribution < 1.29 is 4.79 Å². The maximum atomic E-state index is 12.7. The fourth-order valence-electron chi connectivity index (χ4n) is 4.04. The molecule has 0 spiro atoms. The van der Waals surface area contributed by atoms with Crippen molar-refractivity contribution in [1.29, 1.82) is 0 Å². The Morgan fingerprint density at radius 2 is 1.85 bits per heavy atom. The molecular weight excluding hydrogens is 385 g/mol. The molecule has 27 heavy (non-hydrogen) atoms. The van der Waals surface area contributed by atoms with Gasteiger partial charge in [0.15, 0.2) is 0 Å². The van der Waals surface area contributed by atoms with Crippen LogP contribution >= 0.6 is 24.0 Å². The van der Waals surface area contributed by atoms with Crippen molar-refractivity contribution in [3.8, 4) is 0 Å². The number of fused-ring (bicyclic) bond motifs is 2. The molecule has 2 unspecified atom stereocenters. The van der Waals surface area contributed by atoms with E-state index in [1.54, 1.807) is 18.3 Å². The summed E-state index contributed by atoms with van der Waals surface area (Å²) in [6, 6.07) is 11.7. The lowest BCUT2D eigenvalue weighted by atomic mass is 9.99. The van der Waals surface area contributed by atoms with Gasteiger partial charge in [-0.3, -0.25) is 9.59 Å². The van der Waals surface area contributed by atoms with Crippen LogP contribution in [0.1, 0.15) is 41.6 Å². The highest BCUT2D eigenvalue weighted by Gasteiger charge is 2.34. The van der Waals surface area contributed by atoms with Crippen LogP contribution in [0, 0.1) is 0 Å². The number of halogens is 2. The van der Waals surface area contributed by atoms with E-state index in [1.165, 1.54) is 23.5 Å². The first kappa shape index (κ1) is 19.9. The molecule has 2 saturated heterocycles. The quantitative estimate of drug-likeness (QED) is 0.818. The minimum absolute atomic E-state index is 0. The van der Waals surface area contributed by atoms with E-state index in [0.717, 1.165) is 18.4 Å². The Labute approximate surface area is 169 Å². The smallest absolute Gasteiger partial charge is 0.252 e. The molecule has 0 radical (unpaired) electrons. The number of carbonyl (C=O) groups is 1. The standard InChI is InChI=1S/C20H22ClN3O2.ClH/c21-18-4-2-1-3-13(18)11-24-12-14(5-8-19(24)25)20(26)23-17-9-15-6-7-16(10-17)22-15;/h1-5,8,12,15-17,22H,6-7,9-11H2,(H,23,26);1H. The van der Waals surface area contributed by atoms with Gasteiger partial charge in [-0.15, -0.1) is 12.4 Å². The molecule has 1 aromatic heterocycles. The second kappa shape index (κ2) is 8.46. The van der Waals surface area contributed by atoms with Crippen molar-refractivity contribution in [3.05, 3.63) is 69.1 Å². The summed E-state index contributed by atoms with van der Waals surface area (Å²) in [5.74, 6) is -0.121. The highest BCUT2D eigenvalue weighted by molar-refractivity contribution is 6.31. The molecule has 2 bridgehead atoms. The number of hydrogen-bond donors (Lipinski definition) is 2. The molecule has 4 rings (SSSR count). The number of piperidine rings is 1. The van der Waals surface area contributed by atoms with E-state index in [9.17, 15) is 9.59 Å². The summed E-state index contributed by atoms with van der Waals surface area (Å²) in [5, 5.41) is 7.32. The summed E-state index contributed by atoms with van der Waals surface area (Å²) in [6.45, 7) is 0.344. The van der Waals surface area contributed by atoms with E-state index in [4.69, 9.17) is 11.6 Å². The number of nitrogens with one attached hydrogen (secondary N) is 2. The first-order valence-corrected chi connectivity index (χ1v) is 9.47. The Bertz CT molecular complexity index is 872. The second-order valence-electron chi connectivity index (χ2n) is 7.25. The predicted molar refractivity (Wildman–Crippen MR) is 109 cm³/mol. The summed E-state index contributed by atoms with van der Waals surface area (Å²) < 4.78 is 1.53. The van der Waals surface area contributed by atoms with Gasteiger partial charge in [-0.1, -0.05) is 29.8 Å². The van der Waals surface area contributed by atoms with Crippen LogP contribution in [0.3, 0.4) is 0 Å². The number of rotatable bonds is 4. The first-order valence-electron chi connectivity index (χ1n) is 9.09. The Kier molecular flexibility index (Phi) is 6.25. The number of hydrogen-bond acceptors (Lipinski definition) is 3. The molecule has 0 aliphatic carbocycles. The molecule has 1 amide bonds. The highest BCUT2D eigenvalue weighted by atomic mass is 35.5. The van der Waals surface area contributed by atoms with Crippen molar-refractivity contribution in [1.82, 2.24) is 15.2 Å². The maximum absolute atomic E-state index is 12.7. The number of aromatic nitrogens is 1. The van der Waals surface area contributed by atoms with Crippen LogP contribution in [-0.4, -0.2) is 28.6 Å². The molecular formula is C20H23Cl2N3O2. The molecule has 7 heteroatoms. The van der Waals surface area contributed by atoms with Gasteiger partial charge in [-0.25, -0.2) is 0 Å². The minimum atomic E-state index is -0.151. The number of nitrogens with zero attached hydrogens (tertiary/aromatic N) is 1. The Balaban J connectivity index is 0.00000210. The Morgan fingerprint density at radius 1 is 1.15 bits per heavy atom. The number of carbonyl (C=O) groups excluding carboxylic acids is 1. The summed E-state index contributed by atoms with van der Waals surface area (Å²) in [5.41, 5.74) is 1.20. The fourth-order valence-corrected chi connectivity index (χ4v) is 4.24. The first-order chi connectivity index (χ1) is 12.6. The van der Waals surface area contributed by atoms with E-state index in [2.05, 4.69) is 10.6 Å². The van der Waals surface area contributed by atoms with Crippen LogP contribution in [0.25, 0.3) is 0 Å². The highest BCUT2D eigenvalue weighted by Crippen LogP contribution is 2.26. The van der Waals surface area contributed by atoms with E-state index in [1.807, 2.05) is 18.2 Å². The largest absolute Gasteiger partial charge is 0.349 e. The van der Waals surface area contributed by atoms with Gasteiger partial charge in [0.1, 0.15) is 0 Å². The molecule has 0 saturated carbocycles. The van der Waals surface area contributed by atoms with Crippen molar-refractivity contribution in [2.45, 2.75) is 50.4 Å². The normalized spacial score (nSPS) is 23.5. The topological polar surface area (TPSA) is 63.1 Å². The summed E-state index contributed by atoms with van der Waals surface area (Å²) in [6.07, 6.45) is 5.96. The number of benzene rings is 1. The van der Waals surface area contributed by atoms with Crippen LogP contribution < -0.4 is 16.2 Å². The van der Waals surface area contributed by atoms with Gasteiger partial charge >= 0.3 is 0 Å². The van der Waals surface area contributed by atoms with Gasteiger partial charge < -0.3 is 15.2 Å². The van der Waals surface area contributed by atoms with Gasteiger partial charge in [0.2, 0.25) is 0 Å². The predicted octanol–water partition coefficient (Wildman–Crippen LogP) is 2.98. The molecule has 2 aromatic rings. The van der Waals surface area contributed by atoms with Crippen LogP contribution in [0.5, 0.6) is 0 Å². The molecule has 2 atom stereocenters. The Morgan fingerprint density at radius 3 is 2.56 bits per heavy atom. The van der Waals surface area contributed by atoms with Gasteiger partial charge in [-0.05, 0) is 43.4 Å². The zero-order valence-corrected chi connectivity index (χ0v) is 16.4. The lowest BCUT2D eigenvalue weighted by molar-refractivity contribution is 0.0923. The number of amides is 1. The van der Waals surface area contributed by atoms with Crippen LogP contribution in [0.15, 0.2) is 47.4 Å². The zero-order chi connectivity index (χ0) is 18.1. The van der Waals surface area contributed by atoms with E-state index < -0.39 is 0 Å². The van der Waals surface area contributed by atoms with E-state index in [0.29, 0.717) is 29.2 Å². The van der Waals surface area contributed by atoms with Gasteiger partial charge in [0.05, 0.1) is 12.1 Å². The van der Waals surface area contributed by atoms with Crippen LogP contribution in [-0.2, 0) is 6.54 Å². The Hall–Kier alpha value is -1.82. The fraction of sp³-hybridized carbons (Fsp3) is 0.400. The van der Waals surface area contributed by atoms with Crippen molar-refractivity contribution in [2.75, 3.05) is 0 Å². The molecule has 5 nitrogen and oxygen atoms in total. The minimum Gasteiger partial charge on any atom is -0.349 e. The molecule has 144 valence electrons. The maximum Gasteiger partial charge on any atom is 0.252 e. The van der Waals surface area contributed by atoms with E-state index >= 15 is 0 Å². The van der Waals surface area contributed by atoms with Gasteiger partial charge in [0.25, 0.3) is 11.5 Å². The van der Waals surface area contributed by atoms with Gasteiger partial charge in [-0.2, -0.15) is 0 Å². The van der Waals surface area contributed by atoms with Crippen LogP contribution in [0.2, 0.25) is 5.02 Å². The third-order valence-corrected chi connectivity index (χ3v) is 5.72. The monoisotopic (exact) mass is 407 g/mol. The average molecular weight is 408 g/mol. The molecule has 2 aliphatic rings. The van der Waals surface area contributed by atoms with Crippen molar-refractivity contribution in [3.63, 3.8) is 0 Å². The van der Waals surface area contributed by atoms with Crippen molar-refractivity contribution in [2.24, 2.45) is 0 Å². The third-order valence-electron chi connectivity index (χ3n) is 5.35. The molecule has 2 fully saturated rings. The number of pyridine rings is 1. The van der Waals surface area contributed by atoms with Crippen LogP contribution in [0.4, 0.5) is 0 Å². The molecule has 3 heterocycles. The third kappa shape index (κ3) is 4.54. The molecule has 1 aromatic carbocycles. The molecule has 2 N–H and O–H groups in total. The van der Waals surface area contributed by atoms with Crippen molar-refractivity contribution >= 4 is 29.9 Å². The SMILES string of the molecule is Cl.O=C(NC1CC2CCC(C1)N2)c1ccc(=O)n(Cc2ccccc2Cl)c1. The van der Waals surface area contributed by atoms with Gasteiger partial charge in [0, 0.05) is 35.4 Å². The van der Waals surface area contributed by atoms with E-state index in [-0.39, 0.29) is 29.9 Å². The summed E-state index contributed by atoms with van der Waals surface area (Å²) in [7, 11) is 0. The molecule has 2 aliphatic heterocycles. The summed E-state index contributed by atoms with van der Waals surface area (Å²) >= 11 is 6.19. The lowest BCUT2D eigenvalue weighted by Crippen LogP contribution is -2.48. The lowest BCUT2D eigenvalue weighted by Gasteiger charge is -2.29. The second-order valence-corrected chi connectivity index (χ2v) is 7.66. The average Bonchev–Trinajstić information content (AvgIpc) is 2.97. The summed E-state index contributed by atoms with van der Waals surface area (Å²) in [4.78, 5) is 24.8.